The smallest absolute Gasteiger partial charge is 0.142 e. The van der Waals surface area contributed by atoms with Crippen molar-refractivity contribution in [2.24, 2.45) is 5.73 Å². The minimum atomic E-state index is -0.331. The van der Waals surface area contributed by atoms with E-state index in [1.807, 2.05) is 6.92 Å². The Morgan fingerprint density at radius 2 is 2.00 bits per heavy atom. The summed E-state index contributed by atoms with van der Waals surface area (Å²) in [5.41, 5.74) is 7.99. The number of halogens is 2. The summed E-state index contributed by atoms with van der Waals surface area (Å²) in [6.45, 7) is 2.57. The van der Waals surface area contributed by atoms with E-state index in [1.165, 1.54) is 12.8 Å². The van der Waals surface area contributed by atoms with E-state index in [1.54, 1.807) is 12.1 Å². The second-order valence-electron chi connectivity index (χ2n) is 4.77. The summed E-state index contributed by atoms with van der Waals surface area (Å²) in [6, 6.07) is 3.29. The van der Waals surface area contributed by atoms with Gasteiger partial charge in [-0.05, 0) is 43.0 Å². The highest BCUT2D eigenvalue weighted by molar-refractivity contribution is 6.30. The standard InChI is InChI=1S/C13H17ClFN/c1-9-6-11(14)12(15)7-10(9)13(8-16)4-2-3-5-13/h6-7H,2-5,8,16H2,1H3. The van der Waals surface area contributed by atoms with Gasteiger partial charge in [0.15, 0.2) is 0 Å². The molecule has 0 aromatic heterocycles. The lowest BCUT2D eigenvalue weighted by atomic mass is 9.77. The third-order valence-electron chi connectivity index (χ3n) is 3.79. The van der Waals surface area contributed by atoms with Gasteiger partial charge in [0.1, 0.15) is 5.82 Å². The summed E-state index contributed by atoms with van der Waals surface area (Å²) >= 11 is 5.77. The molecule has 1 aromatic carbocycles. The molecular weight excluding hydrogens is 225 g/mol. The van der Waals surface area contributed by atoms with Gasteiger partial charge in [-0.3, -0.25) is 0 Å². The number of nitrogens with two attached hydrogens (primary N) is 1. The molecule has 0 bridgehead atoms. The number of rotatable bonds is 2. The minimum absolute atomic E-state index is 0.0183. The minimum Gasteiger partial charge on any atom is -0.330 e. The van der Waals surface area contributed by atoms with Crippen LogP contribution >= 0.6 is 11.6 Å². The molecule has 0 radical (unpaired) electrons. The van der Waals surface area contributed by atoms with E-state index in [2.05, 4.69) is 0 Å². The summed E-state index contributed by atoms with van der Waals surface area (Å²) in [6.07, 6.45) is 4.48. The van der Waals surface area contributed by atoms with Gasteiger partial charge < -0.3 is 5.73 Å². The first-order chi connectivity index (χ1) is 7.59. The van der Waals surface area contributed by atoms with Crippen LogP contribution < -0.4 is 5.73 Å². The van der Waals surface area contributed by atoms with Crippen molar-refractivity contribution in [2.75, 3.05) is 6.54 Å². The summed E-state index contributed by atoms with van der Waals surface area (Å²) < 4.78 is 13.5. The van der Waals surface area contributed by atoms with E-state index in [0.29, 0.717) is 6.54 Å². The molecule has 1 saturated carbocycles. The molecule has 0 atom stereocenters. The Balaban J connectivity index is 2.50. The Hall–Kier alpha value is -0.600. The lowest BCUT2D eigenvalue weighted by Crippen LogP contribution is -2.32. The summed E-state index contributed by atoms with van der Waals surface area (Å²) in [4.78, 5) is 0. The molecule has 2 rings (SSSR count). The number of benzene rings is 1. The third-order valence-corrected chi connectivity index (χ3v) is 4.08. The van der Waals surface area contributed by atoms with Crippen molar-refractivity contribution in [3.63, 3.8) is 0 Å². The van der Waals surface area contributed by atoms with Crippen LogP contribution in [0.1, 0.15) is 36.8 Å². The number of aryl methyl sites for hydroxylation is 1. The van der Waals surface area contributed by atoms with Crippen LogP contribution in [0.2, 0.25) is 5.02 Å². The second-order valence-corrected chi connectivity index (χ2v) is 5.18. The van der Waals surface area contributed by atoms with Crippen molar-refractivity contribution in [1.29, 1.82) is 0 Å². The Morgan fingerprint density at radius 1 is 1.38 bits per heavy atom. The molecule has 0 heterocycles. The number of hydrogen-bond donors (Lipinski definition) is 1. The highest BCUT2D eigenvalue weighted by Gasteiger charge is 2.35. The van der Waals surface area contributed by atoms with Crippen molar-refractivity contribution in [1.82, 2.24) is 0 Å². The van der Waals surface area contributed by atoms with Gasteiger partial charge in [0.25, 0.3) is 0 Å². The van der Waals surface area contributed by atoms with Crippen LogP contribution in [0.4, 0.5) is 4.39 Å². The Morgan fingerprint density at radius 3 is 2.56 bits per heavy atom. The van der Waals surface area contributed by atoms with Gasteiger partial charge in [0.05, 0.1) is 5.02 Å². The average Bonchev–Trinajstić information content (AvgIpc) is 2.73. The highest BCUT2D eigenvalue weighted by atomic mass is 35.5. The van der Waals surface area contributed by atoms with Gasteiger partial charge >= 0.3 is 0 Å². The topological polar surface area (TPSA) is 26.0 Å². The molecule has 0 spiro atoms. The SMILES string of the molecule is Cc1cc(Cl)c(F)cc1C1(CN)CCCC1. The second kappa shape index (κ2) is 4.34. The molecule has 1 aliphatic rings. The molecule has 0 amide bonds. The maximum absolute atomic E-state index is 13.5. The molecule has 2 N–H and O–H groups in total. The van der Waals surface area contributed by atoms with Crippen LogP contribution in [0.3, 0.4) is 0 Å². The normalized spacial score (nSPS) is 19.0. The maximum atomic E-state index is 13.5. The fraction of sp³-hybridized carbons (Fsp3) is 0.538. The zero-order valence-corrected chi connectivity index (χ0v) is 10.3. The van der Waals surface area contributed by atoms with E-state index in [9.17, 15) is 4.39 Å². The van der Waals surface area contributed by atoms with Crippen molar-refractivity contribution in [3.05, 3.63) is 34.1 Å². The Bertz CT molecular complexity index is 397. The van der Waals surface area contributed by atoms with Gasteiger partial charge in [0, 0.05) is 12.0 Å². The van der Waals surface area contributed by atoms with Crippen molar-refractivity contribution in [3.8, 4) is 0 Å². The molecule has 1 fully saturated rings. The third kappa shape index (κ3) is 1.85. The van der Waals surface area contributed by atoms with E-state index < -0.39 is 0 Å². The number of hydrogen-bond acceptors (Lipinski definition) is 1. The Labute approximate surface area is 101 Å². The van der Waals surface area contributed by atoms with Gasteiger partial charge in [-0.15, -0.1) is 0 Å². The average molecular weight is 242 g/mol. The maximum Gasteiger partial charge on any atom is 0.142 e. The van der Waals surface area contributed by atoms with Crippen molar-refractivity contribution < 1.29 is 4.39 Å². The summed E-state index contributed by atoms with van der Waals surface area (Å²) in [5, 5.41) is 0.200. The fourth-order valence-corrected chi connectivity index (χ4v) is 3.07. The van der Waals surface area contributed by atoms with E-state index in [4.69, 9.17) is 17.3 Å². The van der Waals surface area contributed by atoms with Gasteiger partial charge in [-0.1, -0.05) is 24.4 Å². The predicted octanol–water partition coefficient (Wildman–Crippen LogP) is 3.56. The molecule has 0 unspecified atom stereocenters. The first kappa shape index (κ1) is 11.9. The predicted molar refractivity (Wildman–Crippen MR) is 65.3 cm³/mol. The zero-order valence-electron chi connectivity index (χ0n) is 9.52. The lowest BCUT2D eigenvalue weighted by molar-refractivity contribution is 0.447. The molecule has 0 aliphatic heterocycles. The van der Waals surface area contributed by atoms with Crippen LogP contribution in [0, 0.1) is 12.7 Å². The van der Waals surface area contributed by atoms with E-state index in [0.717, 1.165) is 24.0 Å². The van der Waals surface area contributed by atoms with Crippen LogP contribution in [-0.4, -0.2) is 6.54 Å². The molecule has 0 saturated heterocycles. The van der Waals surface area contributed by atoms with E-state index in [-0.39, 0.29) is 16.3 Å². The first-order valence-electron chi connectivity index (χ1n) is 5.75. The zero-order chi connectivity index (χ0) is 11.8. The summed E-state index contributed by atoms with van der Waals surface area (Å²) in [7, 11) is 0. The van der Waals surface area contributed by atoms with E-state index >= 15 is 0 Å². The fourth-order valence-electron chi connectivity index (χ4n) is 2.85. The highest BCUT2D eigenvalue weighted by Crippen LogP contribution is 2.42. The Kier molecular flexibility index (Phi) is 3.22. The molecule has 16 heavy (non-hydrogen) atoms. The molecule has 88 valence electrons. The van der Waals surface area contributed by atoms with Crippen LogP contribution in [0.5, 0.6) is 0 Å². The monoisotopic (exact) mass is 241 g/mol. The van der Waals surface area contributed by atoms with Gasteiger partial charge in [-0.25, -0.2) is 4.39 Å². The molecule has 1 aliphatic carbocycles. The quantitative estimate of drug-likeness (QED) is 0.842. The van der Waals surface area contributed by atoms with Crippen LogP contribution in [-0.2, 0) is 5.41 Å². The largest absolute Gasteiger partial charge is 0.330 e. The first-order valence-corrected chi connectivity index (χ1v) is 6.13. The van der Waals surface area contributed by atoms with Crippen molar-refractivity contribution >= 4 is 11.6 Å². The van der Waals surface area contributed by atoms with Crippen LogP contribution in [0.15, 0.2) is 12.1 Å². The lowest BCUT2D eigenvalue weighted by Gasteiger charge is -2.29. The van der Waals surface area contributed by atoms with Gasteiger partial charge in [0.2, 0.25) is 0 Å². The molecule has 1 aromatic rings. The van der Waals surface area contributed by atoms with Crippen molar-refractivity contribution in [2.45, 2.75) is 38.0 Å². The van der Waals surface area contributed by atoms with Crippen LogP contribution in [0.25, 0.3) is 0 Å². The molecule has 1 nitrogen and oxygen atoms in total. The molecular formula is C13H17ClFN. The summed E-state index contributed by atoms with van der Waals surface area (Å²) in [5.74, 6) is -0.331. The molecule has 3 heteroatoms. The van der Waals surface area contributed by atoms with Gasteiger partial charge in [-0.2, -0.15) is 0 Å².